The predicted molar refractivity (Wildman–Crippen MR) is 84.1 cm³/mol. The van der Waals surface area contributed by atoms with E-state index in [1.807, 2.05) is 0 Å². The average Bonchev–Trinajstić information content (AvgIpc) is 2.43. The van der Waals surface area contributed by atoms with Crippen LogP contribution in [0.4, 0.5) is 0 Å². The molecule has 1 unspecified atom stereocenters. The van der Waals surface area contributed by atoms with Crippen LogP contribution in [0.1, 0.15) is 85.0 Å². The molecule has 0 aromatic rings. The third-order valence-electron chi connectivity index (χ3n) is 3.33. The van der Waals surface area contributed by atoms with Gasteiger partial charge in [0, 0.05) is 13.2 Å². The van der Waals surface area contributed by atoms with Crippen molar-refractivity contribution in [3.8, 4) is 0 Å². The normalized spacial score (nSPS) is 12.8. The van der Waals surface area contributed by atoms with Crippen molar-refractivity contribution >= 4 is 0 Å². The first-order valence-corrected chi connectivity index (χ1v) is 8.45. The van der Waals surface area contributed by atoms with Gasteiger partial charge in [0.05, 0.1) is 0 Å². The molecule has 1 atom stereocenters. The summed E-state index contributed by atoms with van der Waals surface area (Å²) in [6, 6.07) is 0. The zero-order valence-corrected chi connectivity index (χ0v) is 13.5. The second-order valence-corrected chi connectivity index (χ2v) is 5.31. The summed E-state index contributed by atoms with van der Waals surface area (Å²) in [5.74, 6) is 0. The van der Waals surface area contributed by atoms with Gasteiger partial charge in [0.2, 0.25) is 0 Å². The summed E-state index contributed by atoms with van der Waals surface area (Å²) in [4.78, 5) is 0. The monoisotopic (exact) mass is 272 g/mol. The van der Waals surface area contributed by atoms with Gasteiger partial charge in [-0.15, -0.1) is 0 Å². The number of hydrogen-bond acceptors (Lipinski definition) is 3. The van der Waals surface area contributed by atoms with E-state index in [-0.39, 0.29) is 6.23 Å². The average molecular weight is 272 g/mol. The maximum Gasteiger partial charge on any atom is 0.120 e. The van der Waals surface area contributed by atoms with Crippen molar-refractivity contribution in [1.29, 1.82) is 0 Å². The van der Waals surface area contributed by atoms with E-state index >= 15 is 0 Å². The fourth-order valence-corrected chi connectivity index (χ4v) is 2.03. The van der Waals surface area contributed by atoms with Crippen molar-refractivity contribution in [3.05, 3.63) is 0 Å². The second kappa shape index (κ2) is 15.9. The molecule has 0 aliphatic rings. The predicted octanol–water partition coefficient (Wildman–Crippen LogP) is 4.38. The maximum absolute atomic E-state index is 5.81. The van der Waals surface area contributed by atoms with E-state index < -0.39 is 0 Å². The second-order valence-electron chi connectivity index (χ2n) is 5.31. The summed E-state index contributed by atoms with van der Waals surface area (Å²) >= 11 is 0. The lowest BCUT2D eigenvalue weighted by molar-refractivity contribution is 0.0149. The molecule has 0 amide bonds. The summed E-state index contributed by atoms with van der Waals surface area (Å²) in [6.07, 6.45) is 13.1. The molecule has 3 heteroatoms. The third kappa shape index (κ3) is 14.1. The zero-order chi connectivity index (χ0) is 14.2. The number of nitrogens with one attached hydrogen (secondary N) is 2. The Balaban J connectivity index is 3.21. The highest BCUT2D eigenvalue weighted by Crippen LogP contribution is 2.08. The molecule has 0 saturated heterocycles. The summed E-state index contributed by atoms with van der Waals surface area (Å²) in [6.45, 7) is 8.47. The molecule has 0 heterocycles. The van der Waals surface area contributed by atoms with Gasteiger partial charge in [-0.25, -0.2) is 5.43 Å². The van der Waals surface area contributed by atoms with Crippen molar-refractivity contribution in [2.24, 2.45) is 0 Å². The first-order valence-electron chi connectivity index (χ1n) is 8.45. The molecule has 0 saturated carbocycles. The summed E-state index contributed by atoms with van der Waals surface area (Å²) in [7, 11) is 0. The Morgan fingerprint density at radius 2 is 1.42 bits per heavy atom. The quantitative estimate of drug-likeness (QED) is 0.264. The lowest BCUT2D eigenvalue weighted by Crippen LogP contribution is -2.42. The van der Waals surface area contributed by atoms with Crippen LogP contribution in [0.2, 0.25) is 0 Å². The van der Waals surface area contributed by atoms with E-state index in [1.54, 1.807) is 0 Å². The highest BCUT2D eigenvalue weighted by Gasteiger charge is 2.03. The SMILES string of the molecule is CCCCCCCCCCOC(CC)NNCCC. The van der Waals surface area contributed by atoms with E-state index in [0.717, 1.165) is 26.0 Å². The van der Waals surface area contributed by atoms with Gasteiger partial charge in [0.1, 0.15) is 6.23 Å². The van der Waals surface area contributed by atoms with Crippen LogP contribution in [0.3, 0.4) is 0 Å². The Bertz CT molecular complexity index is 165. The van der Waals surface area contributed by atoms with Gasteiger partial charge in [0.15, 0.2) is 0 Å². The third-order valence-corrected chi connectivity index (χ3v) is 3.33. The van der Waals surface area contributed by atoms with Crippen LogP contribution >= 0.6 is 0 Å². The molecular formula is C16H36N2O. The molecule has 0 bridgehead atoms. The molecule has 116 valence electrons. The van der Waals surface area contributed by atoms with Gasteiger partial charge >= 0.3 is 0 Å². The number of hydrogen-bond donors (Lipinski definition) is 2. The van der Waals surface area contributed by atoms with E-state index in [0.29, 0.717) is 0 Å². The van der Waals surface area contributed by atoms with E-state index in [1.165, 1.54) is 51.4 Å². The Kier molecular flexibility index (Phi) is 15.8. The van der Waals surface area contributed by atoms with Crippen molar-refractivity contribution in [1.82, 2.24) is 10.9 Å². The molecule has 0 aliphatic heterocycles. The Morgan fingerprint density at radius 1 is 0.789 bits per heavy atom. The van der Waals surface area contributed by atoms with Gasteiger partial charge in [0.25, 0.3) is 0 Å². The fourth-order valence-electron chi connectivity index (χ4n) is 2.03. The Hall–Kier alpha value is -0.120. The molecule has 0 fully saturated rings. The number of hydrazine groups is 1. The van der Waals surface area contributed by atoms with Crippen LogP contribution in [-0.2, 0) is 4.74 Å². The molecule has 0 aliphatic carbocycles. The number of rotatable bonds is 15. The van der Waals surface area contributed by atoms with Crippen molar-refractivity contribution < 1.29 is 4.74 Å². The van der Waals surface area contributed by atoms with Gasteiger partial charge in [-0.2, -0.15) is 0 Å². The van der Waals surface area contributed by atoms with E-state index in [2.05, 4.69) is 31.6 Å². The minimum absolute atomic E-state index is 0.163. The summed E-state index contributed by atoms with van der Waals surface area (Å²) < 4.78 is 5.81. The molecule has 0 spiro atoms. The zero-order valence-electron chi connectivity index (χ0n) is 13.5. The maximum atomic E-state index is 5.81. The number of ether oxygens (including phenoxy) is 1. The highest BCUT2D eigenvalue weighted by atomic mass is 16.5. The van der Waals surface area contributed by atoms with Crippen LogP contribution in [0.15, 0.2) is 0 Å². The van der Waals surface area contributed by atoms with Gasteiger partial charge in [-0.05, 0) is 19.3 Å². The highest BCUT2D eigenvalue weighted by molar-refractivity contribution is 4.50. The summed E-state index contributed by atoms with van der Waals surface area (Å²) in [5, 5.41) is 0. The van der Waals surface area contributed by atoms with E-state index in [9.17, 15) is 0 Å². The van der Waals surface area contributed by atoms with Crippen LogP contribution in [-0.4, -0.2) is 19.4 Å². The van der Waals surface area contributed by atoms with Crippen molar-refractivity contribution in [3.63, 3.8) is 0 Å². The van der Waals surface area contributed by atoms with Crippen LogP contribution < -0.4 is 10.9 Å². The first kappa shape index (κ1) is 18.9. The minimum atomic E-state index is 0.163. The van der Waals surface area contributed by atoms with Crippen LogP contribution in [0.25, 0.3) is 0 Å². The molecule has 19 heavy (non-hydrogen) atoms. The lowest BCUT2D eigenvalue weighted by Gasteiger charge is -2.18. The largest absolute Gasteiger partial charge is 0.362 e. The molecule has 0 radical (unpaired) electrons. The van der Waals surface area contributed by atoms with E-state index in [4.69, 9.17) is 4.74 Å². The van der Waals surface area contributed by atoms with Crippen molar-refractivity contribution in [2.75, 3.05) is 13.2 Å². The molecule has 0 aromatic heterocycles. The Morgan fingerprint density at radius 3 is 2.00 bits per heavy atom. The number of unbranched alkanes of at least 4 members (excludes halogenated alkanes) is 7. The smallest absolute Gasteiger partial charge is 0.120 e. The molecule has 3 nitrogen and oxygen atoms in total. The molecular weight excluding hydrogens is 236 g/mol. The molecule has 0 rings (SSSR count). The lowest BCUT2D eigenvalue weighted by atomic mass is 10.1. The first-order chi connectivity index (χ1) is 9.35. The fraction of sp³-hybridized carbons (Fsp3) is 1.00. The topological polar surface area (TPSA) is 33.3 Å². The van der Waals surface area contributed by atoms with Crippen molar-refractivity contribution in [2.45, 2.75) is 91.2 Å². The van der Waals surface area contributed by atoms with Gasteiger partial charge < -0.3 is 4.74 Å². The minimum Gasteiger partial charge on any atom is -0.362 e. The van der Waals surface area contributed by atoms with Gasteiger partial charge in [-0.3, -0.25) is 5.43 Å². The van der Waals surface area contributed by atoms with Crippen LogP contribution in [0, 0.1) is 0 Å². The van der Waals surface area contributed by atoms with Gasteiger partial charge in [-0.1, -0.05) is 65.7 Å². The molecule has 0 aromatic carbocycles. The Labute approximate surface area is 120 Å². The van der Waals surface area contributed by atoms with Crippen LogP contribution in [0.5, 0.6) is 0 Å². The standard InChI is InChI=1S/C16H36N2O/c1-4-7-8-9-10-11-12-13-15-19-16(6-3)18-17-14-5-2/h16-18H,4-15H2,1-3H3. The molecule has 2 N–H and O–H groups in total. The summed E-state index contributed by atoms with van der Waals surface area (Å²) in [5.41, 5.74) is 6.42.